The van der Waals surface area contributed by atoms with E-state index in [0.717, 1.165) is 38.7 Å². The lowest BCUT2D eigenvalue weighted by Crippen LogP contribution is -2.30. The molecule has 0 aliphatic carbocycles. The van der Waals surface area contributed by atoms with E-state index in [1.54, 1.807) is 12.1 Å². The molecule has 0 saturated heterocycles. The van der Waals surface area contributed by atoms with Crippen LogP contribution in [0.1, 0.15) is 11.3 Å². The molecule has 124 valence electrons. The first-order chi connectivity index (χ1) is 11.5. The van der Waals surface area contributed by atoms with Crippen LogP contribution in [0.4, 0.5) is 10.1 Å². The lowest BCUT2D eigenvalue weighted by atomic mass is 10.1. The molecule has 0 aliphatic heterocycles. The van der Waals surface area contributed by atoms with Crippen molar-refractivity contribution in [3.05, 3.63) is 64.0 Å². The highest BCUT2D eigenvalue weighted by Gasteiger charge is 2.09. The largest absolute Gasteiger partial charge is 0.362 e. The number of benzene rings is 2. The molecule has 0 amide bonds. The minimum absolute atomic E-state index is 0.219. The van der Waals surface area contributed by atoms with E-state index < -0.39 is 0 Å². The Bertz CT molecular complexity index is 874. The van der Waals surface area contributed by atoms with Gasteiger partial charge in [0.05, 0.1) is 0 Å². The number of hydrogen-bond acceptors (Lipinski definition) is 1. The van der Waals surface area contributed by atoms with Gasteiger partial charge in [0.25, 0.3) is 0 Å². The Kier molecular flexibility index (Phi) is 5.16. The maximum Gasteiger partial charge on any atom is 0.170 e. The smallest absolute Gasteiger partial charge is 0.170 e. The molecule has 1 heterocycles. The highest BCUT2D eigenvalue weighted by atomic mass is 79.9. The van der Waals surface area contributed by atoms with Crippen LogP contribution in [0, 0.1) is 12.7 Å². The normalized spacial score (nSPS) is 10.8. The zero-order valence-electron chi connectivity index (χ0n) is 13.1. The highest BCUT2D eigenvalue weighted by Crippen LogP contribution is 2.23. The lowest BCUT2D eigenvalue weighted by Gasteiger charge is -2.10. The van der Waals surface area contributed by atoms with Crippen molar-refractivity contribution in [3.8, 4) is 0 Å². The molecular formula is C18H17BrFN3S. The Morgan fingerprint density at radius 2 is 1.96 bits per heavy atom. The van der Waals surface area contributed by atoms with E-state index in [9.17, 15) is 4.39 Å². The molecule has 0 saturated carbocycles. The molecule has 6 heteroatoms. The summed E-state index contributed by atoms with van der Waals surface area (Å²) in [6.07, 6.45) is 0.761. The van der Waals surface area contributed by atoms with Crippen LogP contribution in [-0.2, 0) is 6.42 Å². The van der Waals surface area contributed by atoms with Crippen molar-refractivity contribution < 1.29 is 4.39 Å². The molecule has 24 heavy (non-hydrogen) atoms. The monoisotopic (exact) mass is 405 g/mol. The Hall–Kier alpha value is -1.92. The molecule has 3 N–H and O–H groups in total. The van der Waals surface area contributed by atoms with Gasteiger partial charge in [-0.1, -0.05) is 15.9 Å². The third-order valence-corrected chi connectivity index (χ3v) is 4.62. The van der Waals surface area contributed by atoms with E-state index in [-0.39, 0.29) is 5.82 Å². The molecule has 3 nitrogen and oxygen atoms in total. The lowest BCUT2D eigenvalue weighted by molar-refractivity contribution is 0.629. The van der Waals surface area contributed by atoms with Gasteiger partial charge in [-0.3, -0.25) is 0 Å². The molecule has 0 atom stereocenters. The number of thiocarbonyl (C=S) groups is 1. The van der Waals surface area contributed by atoms with Crippen LogP contribution >= 0.6 is 28.1 Å². The van der Waals surface area contributed by atoms with E-state index in [0.29, 0.717) is 11.7 Å². The zero-order valence-corrected chi connectivity index (χ0v) is 15.5. The van der Waals surface area contributed by atoms with Crippen molar-refractivity contribution in [2.24, 2.45) is 0 Å². The molecule has 0 bridgehead atoms. The third-order valence-electron chi connectivity index (χ3n) is 3.84. The summed E-state index contributed by atoms with van der Waals surface area (Å²) in [5, 5.41) is 7.84. The molecule has 2 aromatic carbocycles. The van der Waals surface area contributed by atoms with E-state index in [1.165, 1.54) is 6.07 Å². The molecule has 0 radical (unpaired) electrons. The van der Waals surface area contributed by atoms with Gasteiger partial charge >= 0.3 is 0 Å². The number of halogens is 2. The number of rotatable bonds is 4. The first-order valence-electron chi connectivity index (χ1n) is 7.60. The second kappa shape index (κ2) is 7.32. The number of aryl methyl sites for hydroxylation is 1. The van der Waals surface area contributed by atoms with Crippen LogP contribution in [0.25, 0.3) is 10.9 Å². The Morgan fingerprint density at radius 1 is 1.21 bits per heavy atom. The minimum atomic E-state index is -0.219. The van der Waals surface area contributed by atoms with Crippen molar-refractivity contribution in [2.45, 2.75) is 13.3 Å². The maximum absolute atomic E-state index is 13.5. The van der Waals surface area contributed by atoms with E-state index in [2.05, 4.69) is 31.5 Å². The van der Waals surface area contributed by atoms with E-state index in [4.69, 9.17) is 12.2 Å². The predicted molar refractivity (Wildman–Crippen MR) is 105 cm³/mol. The summed E-state index contributed by atoms with van der Waals surface area (Å²) in [5.74, 6) is -0.219. The first kappa shape index (κ1) is 16.9. The molecule has 0 aliphatic rings. The van der Waals surface area contributed by atoms with Crippen molar-refractivity contribution in [3.63, 3.8) is 0 Å². The first-order valence-corrected chi connectivity index (χ1v) is 8.80. The third kappa shape index (κ3) is 3.94. The van der Waals surface area contributed by atoms with Gasteiger partial charge in [-0.05, 0) is 73.6 Å². The van der Waals surface area contributed by atoms with Crippen LogP contribution in [-0.4, -0.2) is 16.6 Å². The van der Waals surface area contributed by atoms with Gasteiger partial charge in [0, 0.05) is 33.3 Å². The van der Waals surface area contributed by atoms with Crippen LogP contribution in [0.5, 0.6) is 0 Å². The van der Waals surface area contributed by atoms with Crippen LogP contribution in [0.2, 0.25) is 0 Å². The molecule has 3 aromatic rings. The van der Waals surface area contributed by atoms with Gasteiger partial charge in [0.1, 0.15) is 5.82 Å². The van der Waals surface area contributed by atoms with Gasteiger partial charge in [0.2, 0.25) is 0 Å². The quantitative estimate of drug-likeness (QED) is 0.540. The molecule has 1 aromatic heterocycles. The fraction of sp³-hybridized carbons (Fsp3) is 0.167. The van der Waals surface area contributed by atoms with Gasteiger partial charge in [-0.2, -0.15) is 0 Å². The average Bonchev–Trinajstić information content (AvgIpc) is 2.85. The second-order valence-corrected chi connectivity index (χ2v) is 6.88. The molecule has 0 spiro atoms. The summed E-state index contributed by atoms with van der Waals surface area (Å²) in [7, 11) is 0. The topological polar surface area (TPSA) is 39.9 Å². The number of aromatic nitrogens is 1. The van der Waals surface area contributed by atoms with Crippen LogP contribution < -0.4 is 10.6 Å². The van der Waals surface area contributed by atoms with Crippen molar-refractivity contribution in [2.75, 3.05) is 11.9 Å². The van der Waals surface area contributed by atoms with Gasteiger partial charge in [-0.25, -0.2) is 4.39 Å². The fourth-order valence-corrected chi connectivity index (χ4v) is 3.17. The number of H-pyrrole nitrogens is 1. The Labute approximate surface area is 153 Å². The van der Waals surface area contributed by atoms with Gasteiger partial charge in [0.15, 0.2) is 5.11 Å². The fourth-order valence-electron chi connectivity index (χ4n) is 2.69. The Balaban J connectivity index is 1.60. The summed E-state index contributed by atoms with van der Waals surface area (Å²) < 4.78 is 14.5. The summed E-state index contributed by atoms with van der Waals surface area (Å²) in [6.45, 7) is 2.68. The summed E-state index contributed by atoms with van der Waals surface area (Å²) in [4.78, 5) is 3.29. The molecule has 3 rings (SSSR count). The van der Waals surface area contributed by atoms with Crippen molar-refractivity contribution in [1.82, 2.24) is 10.3 Å². The van der Waals surface area contributed by atoms with Crippen molar-refractivity contribution >= 4 is 49.9 Å². The Morgan fingerprint density at radius 3 is 2.71 bits per heavy atom. The minimum Gasteiger partial charge on any atom is -0.362 e. The van der Waals surface area contributed by atoms with Crippen LogP contribution in [0.15, 0.2) is 46.9 Å². The second-order valence-electron chi connectivity index (χ2n) is 5.56. The zero-order chi connectivity index (χ0) is 17.1. The standard InChI is InChI=1S/C18H17BrFN3S/c1-11-15(16-10-13(20)4-7-17(16)22-11)8-9-21-18(24)23-14-5-2-12(19)3-6-14/h2-7,10,22H,8-9H2,1H3,(H2,21,23,24). The van der Waals surface area contributed by atoms with E-state index >= 15 is 0 Å². The summed E-state index contributed by atoms with van der Waals surface area (Å²) in [5.41, 5.74) is 4.06. The van der Waals surface area contributed by atoms with Crippen molar-refractivity contribution in [1.29, 1.82) is 0 Å². The highest BCUT2D eigenvalue weighted by molar-refractivity contribution is 9.10. The van der Waals surface area contributed by atoms with Crippen LogP contribution in [0.3, 0.4) is 0 Å². The summed E-state index contributed by atoms with van der Waals surface area (Å²) >= 11 is 8.71. The number of fused-ring (bicyclic) bond motifs is 1. The number of aromatic amines is 1. The number of anilines is 1. The van der Waals surface area contributed by atoms with Gasteiger partial charge < -0.3 is 15.6 Å². The molecule has 0 fully saturated rings. The number of hydrogen-bond donors (Lipinski definition) is 3. The number of nitrogens with one attached hydrogen (secondary N) is 3. The molecular weight excluding hydrogens is 389 g/mol. The molecule has 0 unspecified atom stereocenters. The SMILES string of the molecule is Cc1[nH]c2ccc(F)cc2c1CCNC(=S)Nc1ccc(Br)cc1. The predicted octanol–water partition coefficient (Wildman–Crippen LogP) is 4.91. The van der Waals surface area contributed by atoms with Gasteiger partial charge in [-0.15, -0.1) is 0 Å². The maximum atomic E-state index is 13.5. The van der Waals surface area contributed by atoms with E-state index in [1.807, 2.05) is 31.2 Å². The average molecular weight is 406 g/mol. The summed E-state index contributed by atoms with van der Waals surface area (Å²) in [6, 6.07) is 12.6.